The van der Waals surface area contributed by atoms with Gasteiger partial charge in [-0.05, 0) is 37.0 Å². The number of nitrogens with zero attached hydrogens (tertiary/aromatic N) is 1. The maximum atomic E-state index is 13.4. The van der Waals surface area contributed by atoms with Crippen LogP contribution in [0.3, 0.4) is 0 Å². The molecule has 2 aliphatic heterocycles. The average Bonchev–Trinajstić information content (AvgIpc) is 3.42. The summed E-state index contributed by atoms with van der Waals surface area (Å²) < 4.78 is 27.3. The number of benzene rings is 1. The van der Waals surface area contributed by atoms with Gasteiger partial charge in [-0.25, -0.2) is 4.79 Å². The van der Waals surface area contributed by atoms with Crippen LogP contribution in [-0.4, -0.2) is 149 Å². The van der Waals surface area contributed by atoms with Gasteiger partial charge in [-0.3, -0.25) is 38.5 Å². The van der Waals surface area contributed by atoms with E-state index in [0.29, 0.717) is 12.8 Å². The molecule has 22 heteroatoms. The van der Waals surface area contributed by atoms with Crippen LogP contribution in [0.4, 0.5) is 5.69 Å². The van der Waals surface area contributed by atoms with Crippen molar-refractivity contribution >= 4 is 53.5 Å². The number of unbranched alkanes of at least 4 members (excludes halogenated alkanes) is 1. The van der Waals surface area contributed by atoms with E-state index in [9.17, 15) is 58.8 Å². The largest absolute Gasteiger partial charge is 0.479 e. The van der Waals surface area contributed by atoms with Crippen molar-refractivity contribution in [3.8, 4) is 5.75 Å². The van der Waals surface area contributed by atoms with Gasteiger partial charge in [-0.1, -0.05) is 13.0 Å². The van der Waals surface area contributed by atoms with Gasteiger partial charge in [0.1, 0.15) is 42.8 Å². The zero-order chi connectivity index (χ0) is 43.1. The van der Waals surface area contributed by atoms with Gasteiger partial charge < -0.3 is 66.4 Å². The molecule has 3 unspecified atom stereocenters. The van der Waals surface area contributed by atoms with E-state index in [0.717, 1.165) is 4.90 Å². The minimum absolute atomic E-state index is 0.0488. The fraction of sp³-hybridized carbons (Fsp3) is 0.600. The van der Waals surface area contributed by atoms with Gasteiger partial charge in [0.15, 0.2) is 7.47 Å². The summed E-state index contributed by atoms with van der Waals surface area (Å²) in [7, 11) is 1.46. The van der Waals surface area contributed by atoms with Crippen LogP contribution < -0.4 is 31.7 Å². The highest BCUT2D eigenvalue weighted by molar-refractivity contribution is 6.07. The summed E-state index contributed by atoms with van der Waals surface area (Å²) >= 11 is 0. The van der Waals surface area contributed by atoms with Crippen LogP contribution >= 0.6 is 0 Å². The van der Waals surface area contributed by atoms with Crippen LogP contribution in [0, 0.1) is 5.92 Å². The number of carboxylic acid groups (broad SMARTS) is 1. The molecule has 0 aliphatic carbocycles. The van der Waals surface area contributed by atoms with Crippen LogP contribution in [0.5, 0.6) is 5.75 Å². The molecule has 0 bridgehead atoms. The standard InChI is InChI=1S/C35H50N6O16/c1-18-13-26(45)41(33(18)51)22(15-36)32(50)40-20(5-3-4-10-37-24(43)9-12-54-2)31(49)38-11-8-25(44)39-21-14-19(16-55-17-42)6-7-23(21)56-35-29(48)27(46)28(47)30(57-35)34(52)53/h6-7,14,17-18,20,22,27-30,35,46-48H,3-5,8-13,15-16,36H2,1-2H3,(H,37,43)(H,38,49)(H,39,44)(H,40,50)(H,52,53)/t18?,20?,22?,27-,28-,29+,30-,35+/m0/s1/i17D. The molecule has 22 nitrogen and oxygen atoms in total. The van der Waals surface area contributed by atoms with E-state index in [1.807, 2.05) is 0 Å². The number of anilines is 1. The zero-order valence-electron chi connectivity index (χ0n) is 32.3. The number of hydrogen-bond acceptors (Lipinski definition) is 16. The van der Waals surface area contributed by atoms with E-state index in [1.54, 1.807) is 0 Å². The van der Waals surface area contributed by atoms with E-state index in [-0.39, 0.29) is 68.3 Å². The Morgan fingerprint density at radius 2 is 1.77 bits per heavy atom. The number of likely N-dealkylation sites (tertiary alicyclic amines) is 1. The number of carboxylic acids is 1. The second-order valence-corrected chi connectivity index (χ2v) is 13.3. The number of aliphatic hydroxyl groups is 3. The molecular weight excluding hydrogens is 760 g/mol. The van der Waals surface area contributed by atoms with Crippen molar-refractivity contribution in [2.75, 3.05) is 38.7 Å². The topological polar surface area (TPSA) is 332 Å². The Morgan fingerprint density at radius 3 is 2.40 bits per heavy atom. The summed E-state index contributed by atoms with van der Waals surface area (Å²) in [5.41, 5.74) is 5.90. The van der Waals surface area contributed by atoms with Crippen LogP contribution in [0.1, 0.15) is 52.4 Å². The summed E-state index contributed by atoms with van der Waals surface area (Å²) in [4.78, 5) is 100. The molecule has 0 saturated carbocycles. The highest BCUT2D eigenvalue weighted by Crippen LogP contribution is 2.31. The first kappa shape index (κ1) is 44.5. The van der Waals surface area contributed by atoms with Gasteiger partial charge in [0.2, 0.25) is 41.7 Å². The molecule has 0 aromatic heterocycles. The predicted octanol–water partition coefficient (Wildman–Crippen LogP) is -3.39. The fourth-order valence-corrected chi connectivity index (χ4v) is 5.88. The number of hydrogen-bond donors (Lipinski definition) is 9. The number of aliphatic hydroxyl groups excluding tert-OH is 3. The maximum absolute atomic E-state index is 13.4. The van der Waals surface area contributed by atoms with Gasteiger partial charge in [-0.2, -0.15) is 0 Å². The summed E-state index contributed by atoms with van der Waals surface area (Å²) in [5, 5.41) is 50.3. The molecule has 10 N–H and O–H groups in total. The lowest BCUT2D eigenvalue weighted by Gasteiger charge is -2.38. The Hall–Kier alpha value is -5.26. The van der Waals surface area contributed by atoms with E-state index >= 15 is 0 Å². The summed E-state index contributed by atoms with van der Waals surface area (Å²) in [6.45, 7) is 0.916. The molecule has 1 aromatic carbocycles. The highest BCUT2D eigenvalue weighted by Gasteiger charge is 2.48. The molecule has 316 valence electrons. The second-order valence-electron chi connectivity index (χ2n) is 13.3. The lowest BCUT2D eigenvalue weighted by molar-refractivity contribution is -0.271. The molecule has 2 saturated heterocycles. The van der Waals surface area contributed by atoms with E-state index in [2.05, 4.69) is 26.0 Å². The normalized spacial score (nSPS) is 23.1. The fourth-order valence-electron chi connectivity index (χ4n) is 5.88. The lowest BCUT2D eigenvalue weighted by atomic mass is 9.99. The number of nitrogens with one attached hydrogen (secondary N) is 4. The van der Waals surface area contributed by atoms with Crippen molar-refractivity contribution in [3.63, 3.8) is 0 Å². The maximum Gasteiger partial charge on any atom is 0.335 e. The molecule has 2 heterocycles. The number of ether oxygens (including phenoxy) is 4. The number of nitrogens with two attached hydrogens (primary N) is 1. The molecule has 1 aromatic rings. The molecule has 0 radical (unpaired) electrons. The van der Waals surface area contributed by atoms with Crippen LogP contribution in [0.15, 0.2) is 18.2 Å². The highest BCUT2D eigenvalue weighted by atomic mass is 16.7. The van der Waals surface area contributed by atoms with E-state index in [1.165, 1.54) is 32.2 Å². The average molecular weight is 812 g/mol. The van der Waals surface area contributed by atoms with Crippen molar-refractivity contribution in [3.05, 3.63) is 23.8 Å². The zero-order valence-corrected chi connectivity index (χ0v) is 31.3. The van der Waals surface area contributed by atoms with Crippen LogP contribution in [-0.2, 0) is 59.2 Å². The third-order valence-corrected chi connectivity index (χ3v) is 8.98. The Bertz CT molecular complexity index is 1670. The lowest BCUT2D eigenvalue weighted by Crippen LogP contribution is -2.61. The smallest absolute Gasteiger partial charge is 0.335 e. The van der Waals surface area contributed by atoms with Gasteiger partial charge in [-0.15, -0.1) is 0 Å². The Kier molecular flexibility index (Phi) is 17.5. The van der Waals surface area contributed by atoms with E-state index < -0.39 is 104 Å². The van der Waals surface area contributed by atoms with Crippen molar-refractivity contribution < 1.29 is 79.1 Å². The molecule has 0 spiro atoms. The second kappa shape index (κ2) is 22.5. The molecular formula is C35H50N6O16. The minimum atomic E-state index is -2.00. The molecule has 2 aliphatic rings. The molecule has 6 amide bonds. The van der Waals surface area contributed by atoms with Crippen molar-refractivity contribution in [2.45, 2.75) is 94.8 Å². The molecule has 3 rings (SSSR count). The number of carbonyl (C=O) groups excluding carboxylic acids is 7. The van der Waals surface area contributed by atoms with Gasteiger partial charge in [0.25, 0.3) is 6.45 Å². The molecule has 8 atom stereocenters. The molecule has 57 heavy (non-hydrogen) atoms. The van der Waals surface area contributed by atoms with Gasteiger partial charge in [0.05, 0.1) is 12.3 Å². The number of rotatable bonds is 22. The van der Waals surface area contributed by atoms with Crippen LogP contribution in [0.2, 0.25) is 0 Å². The monoisotopic (exact) mass is 811 g/mol. The number of amides is 6. The first-order chi connectivity index (χ1) is 27.5. The van der Waals surface area contributed by atoms with Gasteiger partial charge in [0, 0.05) is 51.9 Å². The minimum Gasteiger partial charge on any atom is -0.479 e. The van der Waals surface area contributed by atoms with Crippen molar-refractivity contribution in [1.82, 2.24) is 20.9 Å². The summed E-state index contributed by atoms with van der Waals surface area (Å²) in [6, 6.07) is 1.23. The molecule has 2 fully saturated rings. The number of carbonyl (C=O) groups is 8. The SMILES string of the molecule is [2H]C(=O)OCc1ccc(O[C@@H]2O[C@H](C(=O)O)[C@@H](O)[C@H](O)[C@H]2O)c(NC(=O)CCNC(=O)C(CCCCNC(=O)CCOC)NC(=O)C(CN)N2C(=O)CC(C)C2=O)c1. The third-order valence-electron chi connectivity index (χ3n) is 8.98. The first-order valence-corrected chi connectivity index (χ1v) is 18.0. The number of methoxy groups -OCH3 is 1. The van der Waals surface area contributed by atoms with Gasteiger partial charge >= 0.3 is 5.97 Å². The first-order valence-electron chi connectivity index (χ1n) is 18.5. The Labute approximate surface area is 328 Å². The number of aliphatic carboxylic acids is 1. The predicted molar refractivity (Wildman–Crippen MR) is 192 cm³/mol. The van der Waals surface area contributed by atoms with Crippen LogP contribution in [0.25, 0.3) is 0 Å². The van der Waals surface area contributed by atoms with Crippen molar-refractivity contribution in [1.29, 1.82) is 0 Å². The summed E-state index contributed by atoms with van der Waals surface area (Å²) in [6.07, 6.45) is -10.7. The third kappa shape index (κ3) is 13.2. The van der Waals surface area contributed by atoms with E-state index in [4.69, 9.17) is 21.3 Å². The Balaban J connectivity index is 1.70. The number of imide groups is 1. The Morgan fingerprint density at radius 1 is 1.04 bits per heavy atom. The summed E-state index contributed by atoms with van der Waals surface area (Å²) in [5.74, 6) is -6.26. The van der Waals surface area contributed by atoms with Crippen molar-refractivity contribution in [2.24, 2.45) is 11.7 Å². The quantitative estimate of drug-likeness (QED) is 0.0313.